The summed E-state index contributed by atoms with van der Waals surface area (Å²) in [6.45, 7) is 2.55. The van der Waals surface area contributed by atoms with Gasteiger partial charge in [-0.1, -0.05) is 18.2 Å². The minimum atomic E-state index is -3.28. The number of nitrogen functional groups attached to an aromatic ring is 1. The Hall–Kier alpha value is -1.64. The van der Waals surface area contributed by atoms with Gasteiger partial charge in [0, 0.05) is 37.3 Å². The van der Waals surface area contributed by atoms with E-state index in [1.807, 2.05) is 24.3 Å². The first-order chi connectivity index (χ1) is 10.4. The van der Waals surface area contributed by atoms with Gasteiger partial charge in [-0.15, -0.1) is 11.3 Å². The van der Waals surface area contributed by atoms with E-state index in [0.717, 1.165) is 22.7 Å². The lowest BCUT2D eigenvalue weighted by atomic mass is 10.1. The van der Waals surface area contributed by atoms with Gasteiger partial charge in [-0.25, -0.2) is 13.4 Å². The van der Waals surface area contributed by atoms with Gasteiger partial charge in [0.25, 0.3) is 0 Å². The molecule has 118 valence electrons. The van der Waals surface area contributed by atoms with E-state index in [4.69, 9.17) is 5.73 Å². The van der Waals surface area contributed by atoms with E-state index in [0.29, 0.717) is 24.8 Å². The molecule has 1 aromatic carbocycles. The van der Waals surface area contributed by atoms with Crippen molar-refractivity contribution >= 4 is 32.2 Å². The maximum atomic E-state index is 12.1. The van der Waals surface area contributed by atoms with E-state index in [2.05, 4.69) is 9.88 Å². The van der Waals surface area contributed by atoms with Gasteiger partial charge < -0.3 is 5.73 Å². The van der Waals surface area contributed by atoms with Gasteiger partial charge in [-0.05, 0) is 11.6 Å². The topological polar surface area (TPSA) is 79.5 Å². The van der Waals surface area contributed by atoms with Gasteiger partial charge in [0.05, 0.1) is 11.9 Å². The van der Waals surface area contributed by atoms with Gasteiger partial charge in [-0.3, -0.25) is 9.21 Å². The number of para-hydroxylation sites is 1. The maximum Gasteiger partial charge on any atom is 0.232 e. The summed E-state index contributed by atoms with van der Waals surface area (Å²) in [6, 6.07) is 7.65. The van der Waals surface area contributed by atoms with E-state index in [9.17, 15) is 8.42 Å². The highest BCUT2D eigenvalue weighted by atomic mass is 32.2. The van der Waals surface area contributed by atoms with Crippen LogP contribution in [0.25, 0.3) is 0 Å². The molecule has 1 aliphatic rings. The standard InChI is InChI=1S/C14H18N4O2S2/c1-22(19,20)18-7-6-17(10-12-8-16-14(15)21-12)9-11-4-2-3-5-13(11)18/h2-5,8H,6-7,9-10H2,1H3,(H2,15,16). The molecule has 6 nitrogen and oxygen atoms in total. The van der Waals surface area contributed by atoms with Gasteiger partial charge >= 0.3 is 0 Å². The Morgan fingerprint density at radius 2 is 2.09 bits per heavy atom. The lowest BCUT2D eigenvalue weighted by Crippen LogP contribution is -2.35. The fraction of sp³-hybridized carbons (Fsp3) is 0.357. The zero-order valence-corrected chi connectivity index (χ0v) is 13.9. The fourth-order valence-electron chi connectivity index (χ4n) is 2.66. The van der Waals surface area contributed by atoms with Crippen molar-refractivity contribution in [3.05, 3.63) is 40.9 Å². The number of anilines is 2. The van der Waals surface area contributed by atoms with Gasteiger partial charge in [0.15, 0.2) is 5.13 Å². The van der Waals surface area contributed by atoms with Crippen LogP contribution in [0.5, 0.6) is 0 Å². The van der Waals surface area contributed by atoms with Gasteiger partial charge in [0.1, 0.15) is 0 Å². The van der Waals surface area contributed by atoms with Crippen molar-refractivity contribution in [1.29, 1.82) is 0 Å². The third kappa shape index (κ3) is 3.23. The zero-order valence-electron chi connectivity index (χ0n) is 12.3. The Morgan fingerprint density at radius 1 is 1.32 bits per heavy atom. The molecule has 0 bridgehead atoms. The molecule has 0 amide bonds. The summed E-state index contributed by atoms with van der Waals surface area (Å²) in [5.41, 5.74) is 7.46. The first kappa shape index (κ1) is 15.3. The van der Waals surface area contributed by atoms with Gasteiger partial charge in [0.2, 0.25) is 10.0 Å². The SMILES string of the molecule is CS(=O)(=O)N1CCN(Cc2cnc(N)s2)Cc2ccccc21. The Morgan fingerprint density at radius 3 is 2.77 bits per heavy atom. The molecule has 1 aromatic heterocycles. The Kier molecular flexibility index (Phi) is 4.07. The lowest BCUT2D eigenvalue weighted by Gasteiger charge is -2.22. The Labute approximate surface area is 134 Å². The van der Waals surface area contributed by atoms with Crippen molar-refractivity contribution in [2.45, 2.75) is 13.1 Å². The third-order valence-electron chi connectivity index (χ3n) is 3.62. The summed E-state index contributed by atoms with van der Waals surface area (Å²) in [7, 11) is -3.28. The molecule has 0 saturated carbocycles. The van der Waals surface area contributed by atoms with Crippen molar-refractivity contribution in [3.63, 3.8) is 0 Å². The molecule has 2 heterocycles. The summed E-state index contributed by atoms with van der Waals surface area (Å²) in [6.07, 6.45) is 3.04. The molecule has 0 atom stereocenters. The molecule has 0 aliphatic carbocycles. The number of fused-ring (bicyclic) bond motifs is 1. The molecule has 22 heavy (non-hydrogen) atoms. The molecular weight excluding hydrogens is 320 g/mol. The van der Waals surface area contributed by atoms with Crippen LogP contribution in [0, 0.1) is 0 Å². The number of rotatable bonds is 3. The average Bonchev–Trinajstić information content (AvgIpc) is 2.75. The van der Waals surface area contributed by atoms with Crippen LogP contribution in [0.2, 0.25) is 0 Å². The van der Waals surface area contributed by atoms with Crippen LogP contribution >= 0.6 is 11.3 Å². The predicted octanol–water partition coefficient (Wildman–Crippen LogP) is 1.51. The molecule has 2 N–H and O–H groups in total. The highest BCUT2D eigenvalue weighted by Gasteiger charge is 2.25. The van der Waals surface area contributed by atoms with Crippen LogP contribution in [0.4, 0.5) is 10.8 Å². The average molecular weight is 338 g/mol. The summed E-state index contributed by atoms with van der Waals surface area (Å²) >= 11 is 1.47. The van der Waals surface area contributed by atoms with Crippen LogP contribution in [0.1, 0.15) is 10.4 Å². The van der Waals surface area contributed by atoms with Crippen molar-refractivity contribution < 1.29 is 8.42 Å². The van der Waals surface area contributed by atoms with E-state index in [1.165, 1.54) is 21.9 Å². The maximum absolute atomic E-state index is 12.1. The molecule has 0 unspecified atom stereocenters. The first-order valence-electron chi connectivity index (χ1n) is 6.91. The summed E-state index contributed by atoms with van der Waals surface area (Å²) in [4.78, 5) is 7.37. The molecule has 0 saturated heterocycles. The summed E-state index contributed by atoms with van der Waals surface area (Å²) in [5.74, 6) is 0. The first-order valence-corrected chi connectivity index (χ1v) is 9.58. The smallest absolute Gasteiger partial charge is 0.232 e. The van der Waals surface area contributed by atoms with Crippen LogP contribution in [-0.2, 0) is 23.1 Å². The molecule has 0 spiro atoms. The number of hydrogen-bond acceptors (Lipinski definition) is 6. The minimum absolute atomic E-state index is 0.449. The van der Waals surface area contributed by atoms with Crippen molar-refractivity contribution in [2.75, 3.05) is 29.4 Å². The molecule has 0 fully saturated rings. The van der Waals surface area contributed by atoms with Crippen LogP contribution in [-0.4, -0.2) is 37.6 Å². The number of sulfonamides is 1. The minimum Gasteiger partial charge on any atom is -0.375 e. The van der Waals surface area contributed by atoms with E-state index in [1.54, 1.807) is 6.20 Å². The number of thiazole rings is 1. The summed E-state index contributed by atoms with van der Waals surface area (Å²) < 4.78 is 25.6. The monoisotopic (exact) mass is 338 g/mol. The second-order valence-corrected chi connectivity index (χ2v) is 8.39. The third-order valence-corrected chi connectivity index (χ3v) is 5.62. The highest BCUT2D eigenvalue weighted by Crippen LogP contribution is 2.28. The van der Waals surface area contributed by atoms with E-state index < -0.39 is 10.0 Å². The zero-order chi connectivity index (χ0) is 15.7. The largest absolute Gasteiger partial charge is 0.375 e. The molecule has 1 aliphatic heterocycles. The number of nitrogens with two attached hydrogens (primary N) is 1. The number of hydrogen-bond donors (Lipinski definition) is 1. The number of nitrogens with zero attached hydrogens (tertiary/aromatic N) is 3. The van der Waals surface area contributed by atoms with Crippen molar-refractivity contribution in [1.82, 2.24) is 9.88 Å². The molecule has 0 radical (unpaired) electrons. The molecule has 3 rings (SSSR count). The highest BCUT2D eigenvalue weighted by molar-refractivity contribution is 7.92. The molecule has 2 aromatic rings. The van der Waals surface area contributed by atoms with Gasteiger partial charge in [-0.2, -0.15) is 0 Å². The Bertz CT molecular complexity index is 773. The molecular formula is C14H18N4O2S2. The second-order valence-electron chi connectivity index (χ2n) is 5.34. The predicted molar refractivity (Wildman–Crippen MR) is 89.3 cm³/mol. The lowest BCUT2D eigenvalue weighted by molar-refractivity contribution is 0.272. The molecule has 8 heteroatoms. The van der Waals surface area contributed by atoms with Crippen LogP contribution in [0.3, 0.4) is 0 Å². The Balaban J connectivity index is 1.88. The number of benzene rings is 1. The van der Waals surface area contributed by atoms with Crippen molar-refractivity contribution in [2.24, 2.45) is 0 Å². The summed E-state index contributed by atoms with van der Waals surface area (Å²) in [5, 5.41) is 0.558. The fourth-order valence-corrected chi connectivity index (χ4v) is 4.33. The normalized spacial score (nSPS) is 16.3. The van der Waals surface area contributed by atoms with Crippen LogP contribution < -0.4 is 10.0 Å². The van der Waals surface area contributed by atoms with E-state index in [-0.39, 0.29) is 0 Å². The second kappa shape index (κ2) is 5.86. The van der Waals surface area contributed by atoms with E-state index >= 15 is 0 Å². The van der Waals surface area contributed by atoms with Crippen LogP contribution in [0.15, 0.2) is 30.5 Å². The number of aromatic nitrogens is 1. The van der Waals surface area contributed by atoms with Crippen molar-refractivity contribution in [3.8, 4) is 0 Å². The quantitative estimate of drug-likeness (QED) is 0.917.